The molecule has 0 unspecified atom stereocenters. The molecule has 0 spiro atoms. The van der Waals surface area contributed by atoms with Gasteiger partial charge in [-0.3, -0.25) is 9.69 Å². The van der Waals surface area contributed by atoms with Crippen molar-refractivity contribution in [1.29, 1.82) is 0 Å². The lowest BCUT2D eigenvalue weighted by Crippen LogP contribution is -2.35. The van der Waals surface area contributed by atoms with Crippen LogP contribution in [-0.4, -0.2) is 47.3 Å². The second-order valence-corrected chi connectivity index (χ2v) is 6.71. The normalized spacial score (nSPS) is 15.4. The summed E-state index contributed by atoms with van der Waals surface area (Å²) in [5.74, 6) is 0.413. The number of hydrogen-bond acceptors (Lipinski definition) is 5. The molecule has 1 fully saturated rings. The highest BCUT2D eigenvalue weighted by atomic mass is 35.5. The van der Waals surface area contributed by atoms with Gasteiger partial charge in [0.25, 0.3) is 5.91 Å². The van der Waals surface area contributed by atoms with Gasteiger partial charge in [0.15, 0.2) is 11.5 Å². The molecule has 1 aliphatic heterocycles. The van der Waals surface area contributed by atoms with E-state index in [0.29, 0.717) is 23.9 Å². The lowest BCUT2D eigenvalue weighted by molar-refractivity contribution is 0.0305. The summed E-state index contributed by atoms with van der Waals surface area (Å²) in [5.41, 5.74) is 2.16. The van der Waals surface area contributed by atoms with Gasteiger partial charge in [-0.05, 0) is 24.3 Å². The number of carbonyl (C=O) groups excluding carboxylic acids is 1. The first-order valence-electron chi connectivity index (χ1n) is 8.48. The van der Waals surface area contributed by atoms with E-state index in [-0.39, 0.29) is 11.6 Å². The van der Waals surface area contributed by atoms with E-state index in [0.717, 1.165) is 42.9 Å². The van der Waals surface area contributed by atoms with Crippen LogP contribution in [0.15, 0.2) is 34.9 Å². The zero-order valence-corrected chi connectivity index (χ0v) is 14.9. The Morgan fingerprint density at radius 2 is 2.12 bits per heavy atom. The Kier molecular flexibility index (Phi) is 4.92. The van der Waals surface area contributed by atoms with E-state index in [2.05, 4.69) is 20.4 Å². The largest absolute Gasteiger partial charge is 0.379 e. The Morgan fingerprint density at radius 3 is 2.96 bits per heavy atom. The van der Waals surface area contributed by atoms with Crippen molar-refractivity contribution in [2.45, 2.75) is 13.1 Å². The summed E-state index contributed by atoms with van der Waals surface area (Å²) in [4.78, 5) is 17.8. The molecule has 0 saturated carbocycles. The van der Waals surface area contributed by atoms with Gasteiger partial charge in [0.1, 0.15) is 0 Å². The summed E-state index contributed by atoms with van der Waals surface area (Å²) >= 11 is 5.99. The average molecular weight is 375 g/mol. The lowest BCUT2D eigenvalue weighted by Gasteiger charge is -2.25. The number of nitrogens with one attached hydrogen (secondary N) is 2. The van der Waals surface area contributed by atoms with Gasteiger partial charge in [-0.2, -0.15) is 0 Å². The molecule has 7 nitrogen and oxygen atoms in total. The number of amides is 1. The quantitative estimate of drug-likeness (QED) is 0.717. The van der Waals surface area contributed by atoms with Crippen molar-refractivity contribution in [3.05, 3.63) is 52.5 Å². The summed E-state index contributed by atoms with van der Waals surface area (Å²) in [5, 5.41) is 8.42. The molecule has 0 bridgehead atoms. The zero-order chi connectivity index (χ0) is 17.9. The first kappa shape index (κ1) is 17.1. The summed E-state index contributed by atoms with van der Waals surface area (Å²) in [6.45, 7) is 4.15. The number of aromatic amines is 1. The average Bonchev–Trinajstić information content (AvgIpc) is 3.27. The van der Waals surface area contributed by atoms with Crippen molar-refractivity contribution in [1.82, 2.24) is 20.4 Å². The molecule has 8 heteroatoms. The van der Waals surface area contributed by atoms with Crippen LogP contribution in [0.5, 0.6) is 0 Å². The summed E-state index contributed by atoms with van der Waals surface area (Å²) < 4.78 is 10.6. The van der Waals surface area contributed by atoms with Crippen LogP contribution in [0.25, 0.3) is 10.9 Å². The Labute approximate surface area is 155 Å². The van der Waals surface area contributed by atoms with Crippen LogP contribution in [-0.2, 0) is 17.8 Å². The first-order valence-corrected chi connectivity index (χ1v) is 8.86. The number of morpholine rings is 1. The van der Waals surface area contributed by atoms with E-state index in [1.807, 2.05) is 24.3 Å². The molecule has 0 radical (unpaired) electrons. The number of hydrogen-bond donors (Lipinski definition) is 2. The Hall–Kier alpha value is -2.35. The van der Waals surface area contributed by atoms with Gasteiger partial charge in [-0.25, -0.2) is 0 Å². The van der Waals surface area contributed by atoms with E-state index in [4.69, 9.17) is 20.9 Å². The molecule has 2 aromatic heterocycles. The summed E-state index contributed by atoms with van der Waals surface area (Å²) in [6.07, 6.45) is 0. The lowest BCUT2D eigenvalue weighted by atomic mass is 10.2. The smallest absolute Gasteiger partial charge is 0.273 e. The van der Waals surface area contributed by atoms with Crippen molar-refractivity contribution in [3.63, 3.8) is 0 Å². The third kappa shape index (κ3) is 3.90. The number of benzene rings is 1. The van der Waals surface area contributed by atoms with Crippen LogP contribution < -0.4 is 5.32 Å². The van der Waals surface area contributed by atoms with Gasteiger partial charge in [0.05, 0.1) is 26.3 Å². The predicted octanol–water partition coefficient (Wildman–Crippen LogP) is 2.57. The highest BCUT2D eigenvalue weighted by Gasteiger charge is 2.16. The van der Waals surface area contributed by atoms with Crippen molar-refractivity contribution in [2.75, 3.05) is 26.3 Å². The Morgan fingerprint density at radius 1 is 1.27 bits per heavy atom. The maximum Gasteiger partial charge on any atom is 0.273 e. The molecule has 3 aromatic rings. The van der Waals surface area contributed by atoms with E-state index in [9.17, 15) is 4.79 Å². The fraction of sp³-hybridized carbons (Fsp3) is 0.333. The molecular weight excluding hydrogens is 356 g/mol. The van der Waals surface area contributed by atoms with E-state index in [1.165, 1.54) is 0 Å². The molecule has 4 rings (SSSR count). The van der Waals surface area contributed by atoms with Crippen molar-refractivity contribution in [3.8, 4) is 0 Å². The molecule has 0 atom stereocenters. The SMILES string of the molecule is O=C(NCc1cc2cc(Cl)ccc2[nH]1)c1cc(CN2CCOCC2)on1. The van der Waals surface area contributed by atoms with E-state index in [1.54, 1.807) is 6.07 Å². The maximum absolute atomic E-state index is 12.3. The summed E-state index contributed by atoms with van der Waals surface area (Å²) in [7, 11) is 0. The van der Waals surface area contributed by atoms with E-state index < -0.39 is 0 Å². The van der Waals surface area contributed by atoms with Crippen LogP contribution in [0.4, 0.5) is 0 Å². The topological polar surface area (TPSA) is 83.4 Å². The predicted molar refractivity (Wildman–Crippen MR) is 97.1 cm³/mol. The third-order valence-electron chi connectivity index (χ3n) is 4.35. The van der Waals surface area contributed by atoms with Crippen LogP contribution in [0.2, 0.25) is 5.02 Å². The molecular formula is C18H19ClN4O3. The first-order chi connectivity index (χ1) is 12.7. The molecule has 1 amide bonds. The van der Waals surface area contributed by atoms with Gasteiger partial charge < -0.3 is 19.6 Å². The minimum absolute atomic E-state index is 0.265. The zero-order valence-electron chi connectivity index (χ0n) is 14.1. The highest BCUT2D eigenvalue weighted by Crippen LogP contribution is 2.20. The van der Waals surface area contributed by atoms with Gasteiger partial charge in [0.2, 0.25) is 0 Å². The Balaban J connectivity index is 1.35. The minimum Gasteiger partial charge on any atom is -0.379 e. The molecule has 2 N–H and O–H groups in total. The van der Waals surface area contributed by atoms with E-state index >= 15 is 0 Å². The Bertz CT molecular complexity index is 914. The van der Waals surface area contributed by atoms with Crippen molar-refractivity contribution >= 4 is 28.4 Å². The number of aromatic nitrogens is 2. The van der Waals surface area contributed by atoms with Crippen LogP contribution in [0.1, 0.15) is 21.9 Å². The number of H-pyrrole nitrogens is 1. The number of rotatable bonds is 5. The molecule has 1 aliphatic rings. The monoisotopic (exact) mass is 374 g/mol. The van der Waals surface area contributed by atoms with Crippen LogP contribution in [0, 0.1) is 0 Å². The minimum atomic E-state index is -0.265. The second-order valence-electron chi connectivity index (χ2n) is 6.28. The number of ether oxygens (including phenoxy) is 1. The molecule has 26 heavy (non-hydrogen) atoms. The van der Waals surface area contributed by atoms with Gasteiger partial charge in [0, 0.05) is 40.8 Å². The fourth-order valence-electron chi connectivity index (χ4n) is 3.00. The third-order valence-corrected chi connectivity index (χ3v) is 4.59. The fourth-order valence-corrected chi connectivity index (χ4v) is 3.18. The maximum atomic E-state index is 12.3. The van der Waals surface area contributed by atoms with Crippen molar-refractivity contribution < 1.29 is 14.1 Å². The highest BCUT2D eigenvalue weighted by molar-refractivity contribution is 6.31. The number of carbonyl (C=O) groups is 1. The molecule has 3 heterocycles. The molecule has 0 aliphatic carbocycles. The number of fused-ring (bicyclic) bond motifs is 1. The molecule has 136 valence electrons. The molecule has 1 aromatic carbocycles. The standard InChI is InChI=1S/C18H19ClN4O3/c19-13-1-2-16-12(7-13)8-14(21-16)10-20-18(24)17-9-15(26-22-17)11-23-3-5-25-6-4-23/h1-2,7-9,21H,3-6,10-11H2,(H,20,24). The van der Waals surface area contributed by atoms with Crippen LogP contribution >= 0.6 is 11.6 Å². The summed E-state index contributed by atoms with van der Waals surface area (Å²) in [6, 6.07) is 9.28. The molecule has 1 saturated heterocycles. The van der Waals surface area contributed by atoms with Crippen LogP contribution in [0.3, 0.4) is 0 Å². The number of nitrogens with zero attached hydrogens (tertiary/aromatic N) is 2. The number of halogens is 1. The van der Waals surface area contributed by atoms with Gasteiger partial charge in [-0.15, -0.1) is 0 Å². The second kappa shape index (κ2) is 7.49. The van der Waals surface area contributed by atoms with Gasteiger partial charge in [-0.1, -0.05) is 16.8 Å². The van der Waals surface area contributed by atoms with Crippen molar-refractivity contribution in [2.24, 2.45) is 0 Å². The van der Waals surface area contributed by atoms with Gasteiger partial charge >= 0.3 is 0 Å².